The van der Waals surface area contributed by atoms with Gasteiger partial charge in [0, 0.05) is 16.7 Å². The lowest BCUT2D eigenvalue weighted by molar-refractivity contribution is 0.617. The molecule has 1 aliphatic carbocycles. The number of hydrogen-bond acceptors (Lipinski definition) is 2. The second kappa shape index (κ2) is 4.85. The maximum Gasteiger partial charge on any atom is 0.0136 e. The summed E-state index contributed by atoms with van der Waals surface area (Å²) in [7, 11) is 0. The Balaban J connectivity index is 1.70. The monoisotopic (exact) mass is 207 g/mol. The first kappa shape index (κ1) is 10.1. The van der Waals surface area contributed by atoms with Gasteiger partial charge in [-0.05, 0) is 24.5 Å². The zero-order valence-electron chi connectivity index (χ0n) is 8.36. The maximum absolute atomic E-state index is 6.04. The second-order valence-corrected chi connectivity index (χ2v) is 5.16. The summed E-state index contributed by atoms with van der Waals surface area (Å²) in [6.45, 7) is 0. The average molecular weight is 207 g/mol. The molecule has 1 saturated carbocycles. The highest BCUT2D eigenvalue weighted by atomic mass is 32.2. The van der Waals surface area contributed by atoms with E-state index in [1.54, 1.807) is 0 Å². The first-order valence-electron chi connectivity index (χ1n) is 5.28. The van der Waals surface area contributed by atoms with Gasteiger partial charge in [0.1, 0.15) is 0 Å². The largest absolute Gasteiger partial charge is 0.327 e. The minimum atomic E-state index is 0.382. The molecule has 0 spiro atoms. The Morgan fingerprint density at radius 1 is 1.29 bits per heavy atom. The normalized spacial score (nSPS) is 18.1. The van der Waals surface area contributed by atoms with E-state index < -0.39 is 0 Å². The Morgan fingerprint density at radius 3 is 2.64 bits per heavy atom. The van der Waals surface area contributed by atoms with Gasteiger partial charge in [-0.15, -0.1) is 11.8 Å². The van der Waals surface area contributed by atoms with Crippen LogP contribution in [0.3, 0.4) is 0 Å². The molecule has 0 amide bonds. The van der Waals surface area contributed by atoms with Gasteiger partial charge in [-0.1, -0.05) is 31.0 Å². The van der Waals surface area contributed by atoms with Crippen LogP contribution in [0.15, 0.2) is 35.2 Å². The summed E-state index contributed by atoms with van der Waals surface area (Å²) >= 11 is 1.87. The van der Waals surface area contributed by atoms with Gasteiger partial charge in [-0.25, -0.2) is 0 Å². The molecule has 2 heteroatoms. The first-order chi connectivity index (χ1) is 6.84. The van der Waals surface area contributed by atoms with E-state index in [0.29, 0.717) is 6.04 Å². The molecule has 0 bridgehead atoms. The van der Waals surface area contributed by atoms with E-state index in [2.05, 4.69) is 24.3 Å². The highest BCUT2D eigenvalue weighted by Gasteiger charge is 2.23. The molecule has 1 fully saturated rings. The topological polar surface area (TPSA) is 26.0 Å². The zero-order chi connectivity index (χ0) is 9.80. The van der Waals surface area contributed by atoms with Crippen LogP contribution < -0.4 is 5.73 Å². The third kappa shape index (κ3) is 3.35. The smallest absolute Gasteiger partial charge is 0.0136 e. The van der Waals surface area contributed by atoms with Gasteiger partial charge in [0.05, 0.1) is 0 Å². The van der Waals surface area contributed by atoms with E-state index >= 15 is 0 Å². The number of hydrogen-bond donors (Lipinski definition) is 1. The molecule has 1 aromatic carbocycles. The van der Waals surface area contributed by atoms with Gasteiger partial charge < -0.3 is 5.73 Å². The van der Waals surface area contributed by atoms with E-state index in [9.17, 15) is 0 Å². The Kier molecular flexibility index (Phi) is 3.49. The molecule has 0 saturated heterocycles. The Hall–Kier alpha value is -0.470. The fourth-order valence-electron chi connectivity index (χ4n) is 1.57. The molecular weight excluding hydrogens is 190 g/mol. The van der Waals surface area contributed by atoms with E-state index in [4.69, 9.17) is 5.73 Å². The number of nitrogens with two attached hydrogens (primary N) is 1. The van der Waals surface area contributed by atoms with Crippen molar-refractivity contribution in [2.24, 2.45) is 11.7 Å². The molecule has 2 rings (SSSR count). The fraction of sp³-hybridized carbons (Fsp3) is 0.500. The van der Waals surface area contributed by atoms with E-state index in [1.165, 1.54) is 24.2 Å². The zero-order valence-corrected chi connectivity index (χ0v) is 9.17. The molecule has 0 aromatic heterocycles. The molecule has 0 aliphatic heterocycles. The molecular formula is C12H17NS. The fourth-order valence-corrected chi connectivity index (χ4v) is 2.46. The van der Waals surface area contributed by atoms with Crippen LogP contribution in [-0.2, 0) is 0 Å². The summed E-state index contributed by atoms with van der Waals surface area (Å²) < 4.78 is 0. The number of thioether (sulfide) groups is 1. The van der Waals surface area contributed by atoms with Gasteiger partial charge in [0.25, 0.3) is 0 Å². The van der Waals surface area contributed by atoms with Gasteiger partial charge in [-0.2, -0.15) is 0 Å². The van der Waals surface area contributed by atoms with Crippen LogP contribution in [-0.4, -0.2) is 11.8 Å². The molecule has 1 atom stereocenters. The molecule has 1 aromatic rings. The van der Waals surface area contributed by atoms with Crippen molar-refractivity contribution >= 4 is 11.8 Å². The van der Waals surface area contributed by atoms with Crippen LogP contribution in [0.25, 0.3) is 0 Å². The molecule has 1 nitrogen and oxygen atoms in total. The van der Waals surface area contributed by atoms with E-state index in [-0.39, 0.29) is 0 Å². The van der Waals surface area contributed by atoms with Crippen LogP contribution in [0.4, 0.5) is 0 Å². The van der Waals surface area contributed by atoms with Gasteiger partial charge in [0.15, 0.2) is 0 Å². The lowest BCUT2D eigenvalue weighted by Gasteiger charge is -2.09. The standard InChI is InChI=1S/C12H17NS/c13-11(8-10-6-7-10)9-14-12-4-2-1-3-5-12/h1-5,10-11H,6-9,13H2. The van der Waals surface area contributed by atoms with Crippen molar-refractivity contribution in [2.75, 3.05) is 5.75 Å². The van der Waals surface area contributed by atoms with Crippen molar-refractivity contribution in [3.63, 3.8) is 0 Å². The summed E-state index contributed by atoms with van der Waals surface area (Å²) in [6.07, 6.45) is 4.03. The van der Waals surface area contributed by atoms with Crippen LogP contribution in [0, 0.1) is 5.92 Å². The quantitative estimate of drug-likeness (QED) is 0.751. The Bertz CT molecular complexity index is 269. The highest BCUT2D eigenvalue weighted by molar-refractivity contribution is 7.99. The molecule has 1 unspecified atom stereocenters. The first-order valence-corrected chi connectivity index (χ1v) is 6.26. The van der Waals surface area contributed by atoms with Crippen molar-refractivity contribution < 1.29 is 0 Å². The van der Waals surface area contributed by atoms with Crippen LogP contribution in [0.1, 0.15) is 19.3 Å². The minimum Gasteiger partial charge on any atom is -0.327 e. The SMILES string of the molecule is NC(CSc1ccccc1)CC1CC1. The predicted molar refractivity (Wildman–Crippen MR) is 62.5 cm³/mol. The van der Waals surface area contributed by atoms with Crippen LogP contribution >= 0.6 is 11.8 Å². The average Bonchev–Trinajstić information content (AvgIpc) is 3.00. The van der Waals surface area contributed by atoms with Crippen molar-refractivity contribution in [3.8, 4) is 0 Å². The molecule has 1 aliphatic rings. The summed E-state index contributed by atoms with van der Waals surface area (Å²) in [6, 6.07) is 10.9. The highest BCUT2D eigenvalue weighted by Crippen LogP contribution is 2.34. The van der Waals surface area contributed by atoms with Crippen molar-refractivity contribution in [1.82, 2.24) is 0 Å². The predicted octanol–water partition coefficient (Wildman–Crippen LogP) is 2.91. The maximum atomic E-state index is 6.04. The van der Waals surface area contributed by atoms with Crippen molar-refractivity contribution in [3.05, 3.63) is 30.3 Å². The van der Waals surface area contributed by atoms with E-state index in [1.807, 2.05) is 17.8 Å². The Morgan fingerprint density at radius 2 is 2.00 bits per heavy atom. The van der Waals surface area contributed by atoms with Gasteiger partial charge in [-0.3, -0.25) is 0 Å². The lowest BCUT2D eigenvalue weighted by Crippen LogP contribution is -2.23. The van der Waals surface area contributed by atoms with Crippen LogP contribution in [0.2, 0.25) is 0 Å². The molecule has 2 N–H and O–H groups in total. The number of rotatable bonds is 5. The van der Waals surface area contributed by atoms with Crippen molar-refractivity contribution in [2.45, 2.75) is 30.2 Å². The second-order valence-electron chi connectivity index (χ2n) is 4.06. The molecule has 76 valence electrons. The third-order valence-electron chi connectivity index (χ3n) is 2.54. The molecule has 14 heavy (non-hydrogen) atoms. The summed E-state index contributed by atoms with van der Waals surface area (Å²) in [4.78, 5) is 1.33. The minimum absolute atomic E-state index is 0.382. The summed E-state index contributed by atoms with van der Waals surface area (Å²) in [5.74, 6) is 2.00. The van der Waals surface area contributed by atoms with E-state index in [0.717, 1.165) is 11.7 Å². The summed E-state index contributed by atoms with van der Waals surface area (Å²) in [5.41, 5.74) is 6.04. The van der Waals surface area contributed by atoms with Crippen LogP contribution in [0.5, 0.6) is 0 Å². The Labute approximate surface area is 90.1 Å². The summed E-state index contributed by atoms with van der Waals surface area (Å²) in [5, 5.41) is 0. The van der Waals surface area contributed by atoms with Gasteiger partial charge >= 0.3 is 0 Å². The third-order valence-corrected chi connectivity index (χ3v) is 3.74. The molecule has 0 radical (unpaired) electrons. The number of benzene rings is 1. The lowest BCUT2D eigenvalue weighted by atomic mass is 10.2. The molecule has 0 heterocycles. The van der Waals surface area contributed by atoms with Crippen molar-refractivity contribution in [1.29, 1.82) is 0 Å². The van der Waals surface area contributed by atoms with Gasteiger partial charge in [0.2, 0.25) is 0 Å².